The summed E-state index contributed by atoms with van der Waals surface area (Å²) in [7, 11) is 0. The summed E-state index contributed by atoms with van der Waals surface area (Å²) in [5, 5.41) is 3.53. The molecule has 0 heterocycles. The average Bonchev–Trinajstić information content (AvgIpc) is 3.22. The summed E-state index contributed by atoms with van der Waals surface area (Å²) in [6, 6.07) is 18.1. The Morgan fingerprint density at radius 2 is 1.60 bits per heavy atom. The molecule has 0 nitrogen and oxygen atoms in total. The standard InChI is InChI=1S/C15H9Cl2.C9H13.2CH3.Si.Zr/c16-12-8-11-6-7-13(15(11)14(17)9-12)10-4-2-1-3-5-10;1-6-5-7(2)9(4)8(6)3;;;;/h1-9H;6H,1-4H3;2*1H3;;/q4*-1;;. The van der Waals surface area contributed by atoms with E-state index in [2.05, 4.69) is 64.9 Å². The van der Waals surface area contributed by atoms with Crippen LogP contribution in [0.4, 0.5) is 0 Å². The van der Waals surface area contributed by atoms with Crippen LogP contribution in [0.15, 0.2) is 71.3 Å². The van der Waals surface area contributed by atoms with Gasteiger partial charge in [-0.05, 0) is 11.1 Å². The van der Waals surface area contributed by atoms with Crippen molar-refractivity contribution in [3.63, 3.8) is 0 Å². The number of hydrogen-bond acceptors (Lipinski definition) is 0. The summed E-state index contributed by atoms with van der Waals surface area (Å²) < 4.78 is 0. The molecule has 0 fully saturated rings. The van der Waals surface area contributed by atoms with E-state index in [0.29, 0.717) is 16.0 Å². The Kier molecular flexibility index (Phi) is 13.2. The summed E-state index contributed by atoms with van der Waals surface area (Å²) >= 11 is 13.6. The molecule has 30 heavy (non-hydrogen) atoms. The van der Waals surface area contributed by atoms with Crippen molar-refractivity contribution in [3.8, 4) is 11.1 Å². The Bertz CT molecular complexity index is 1020. The van der Waals surface area contributed by atoms with E-state index in [9.17, 15) is 0 Å². The first-order valence-corrected chi connectivity index (χ1v) is 14.0. The van der Waals surface area contributed by atoms with Crippen molar-refractivity contribution in [1.29, 1.82) is 0 Å². The zero-order valence-corrected chi connectivity index (χ0v) is 23.5. The van der Waals surface area contributed by atoms with Gasteiger partial charge in [0.25, 0.3) is 0 Å². The number of fused-ring (bicyclic) bond motifs is 1. The Hall–Kier alpha value is -0.790. The van der Waals surface area contributed by atoms with Gasteiger partial charge in [0.05, 0.1) is 0 Å². The number of rotatable bonds is 1. The normalized spacial score (nSPS) is 14.4. The third-order valence-corrected chi connectivity index (χ3v) is 5.62. The van der Waals surface area contributed by atoms with E-state index in [0.717, 1.165) is 16.3 Å². The molecular formula is C26H28Cl2SiZr-4. The molecule has 4 rings (SSSR count). The summed E-state index contributed by atoms with van der Waals surface area (Å²) in [6.07, 6.45) is 3.36. The summed E-state index contributed by atoms with van der Waals surface area (Å²) in [4.78, 5) is 0. The van der Waals surface area contributed by atoms with E-state index in [4.69, 9.17) is 23.2 Å². The van der Waals surface area contributed by atoms with Crippen molar-refractivity contribution in [2.75, 3.05) is 0 Å². The molecule has 1 unspecified atom stereocenters. The van der Waals surface area contributed by atoms with E-state index in [1.807, 2.05) is 24.3 Å². The molecule has 0 N–H and O–H groups in total. The second-order valence-corrected chi connectivity index (χ2v) is 7.61. The predicted molar refractivity (Wildman–Crippen MR) is 134 cm³/mol. The van der Waals surface area contributed by atoms with Crippen LogP contribution in [0.1, 0.15) is 27.7 Å². The van der Waals surface area contributed by atoms with E-state index in [1.165, 1.54) is 45.6 Å². The maximum absolute atomic E-state index is 6.27. The molecule has 0 bridgehead atoms. The van der Waals surface area contributed by atoms with Gasteiger partial charge in [0.2, 0.25) is 0 Å². The minimum atomic E-state index is 0. The van der Waals surface area contributed by atoms with Crippen LogP contribution in [-0.2, 0) is 23.3 Å². The molecule has 1 aliphatic carbocycles. The van der Waals surface area contributed by atoms with Crippen LogP contribution < -0.4 is 0 Å². The van der Waals surface area contributed by atoms with Gasteiger partial charge in [-0.3, -0.25) is 6.08 Å². The van der Waals surface area contributed by atoms with Gasteiger partial charge in [0, 0.05) is 5.02 Å². The van der Waals surface area contributed by atoms with Crippen LogP contribution in [0.2, 0.25) is 10.0 Å². The van der Waals surface area contributed by atoms with E-state index >= 15 is 0 Å². The SMILES string of the molecule is CC1=[C-]C(C)C(C)=C1C.Clc1cc(Cl)c2c(-c3ccccc3)c[cH-]c2c1.[CH3-].[CH3-].[Si]=[Zr]. The fourth-order valence-corrected chi connectivity index (χ4v) is 3.90. The predicted octanol–water partition coefficient (Wildman–Crippen LogP) is 8.77. The molecule has 0 amide bonds. The van der Waals surface area contributed by atoms with Crippen LogP contribution in [0, 0.1) is 26.8 Å². The summed E-state index contributed by atoms with van der Waals surface area (Å²) in [5.41, 5.74) is 6.57. The molecule has 1 atom stereocenters. The molecule has 4 heteroatoms. The van der Waals surface area contributed by atoms with Crippen LogP contribution in [0.5, 0.6) is 0 Å². The molecule has 158 valence electrons. The van der Waals surface area contributed by atoms with Crippen LogP contribution in [-0.4, -0.2) is 6.88 Å². The minimum absolute atomic E-state index is 0. The summed E-state index contributed by atoms with van der Waals surface area (Å²) in [6.45, 7) is 11.7. The summed E-state index contributed by atoms with van der Waals surface area (Å²) in [5.74, 6) is 0.560. The first-order valence-electron chi connectivity index (χ1n) is 9.01. The molecule has 0 spiro atoms. The fourth-order valence-electron chi connectivity index (χ4n) is 3.29. The van der Waals surface area contributed by atoms with Gasteiger partial charge < -0.3 is 14.9 Å². The van der Waals surface area contributed by atoms with Gasteiger partial charge in [-0.25, -0.2) is 5.57 Å². The van der Waals surface area contributed by atoms with Gasteiger partial charge in [-0.15, -0.1) is 41.5 Å². The van der Waals surface area contributed by atoms with Crippen molar-refractivity contribution in [2.45, 2.75) is 27.7 Å². The van der Waals surface area contributed by atoms with Gasteiger partial charge in [-0.2, -0.15) is 11.1 Å². The second kappa shape index (κ2) is 13.6. The molecule has 1 aliphatic rings. The zero-order chi connectivity index (χ0) is 20.8. The van der Waals surface area contributed by atoms with Crippen molar-refractivity contribution in [3.05, 3.63) is 102 Å². The molecule has 0 saturated heterocycles. The number of allylic oxidation sites excluding steroid dienone is 4. The topological polar surface area (TPSA) is 0 Å². The number of benzene rings is 2. The Morgan fingerprint density at radius 3 is 2.07 bits per heavy atom. The quantitative estimate of drug-likeness (QED) is 0.218. The number of halogens is 2. The molecule has 3 aromatic rings. The molecule has 2 radical (unpaired) electrons. The third kappa shape index (κ3) is 6.86. The van der Waals surface area contributed by atoms with Crippen molar-refractivity contribution >= 4 is 40.9 Å². The van der Waals surface area contributed by atoms with Crippen LogP contribution >= 0.6 is 23.2 Å². The third-order valence-electron chi connectivity index (χ3n) is 5.11. The van der Waals surface area contributed by atoms with Gasteiger partial charge in [0.15, 0.2) is 0 Å². The second-order valence-electron chi connectivity index (χ2n) is 6.76. The van der Waals surface area contributed by atoms with E-state index in [-0.39, 0.29) is 14.9 Å². The van der Waals surface area contributed by atoms with Crippen molar-refractivity contribution < 1.29 is 23.3 Å². The van der Waals surface area contributed by atoms with Crippen LogP contribution in [0.3, 0.4) is 0 Å². The monoisotopic (exact) mass is 528 g/mol. The average molecular weight is 531 g/mol. The Labute approximate surface area is 209 Å². The van der Waals surface area contributed by atoms with E-state index in [1.54, 1.807) is 6.07 Å². The van der Waals surface area contributed by atoms with Gasteiger partial charge >= 0.3 is 30.2 Å². The van der Waals surface area contributed by atoms with Crippen LogP contribution in [0.25, 0.3) is 21.9 Å². The number of hydrogen-bond donors (Lipinski definition) is 0. The zero-order valence-electron chi connectivity index (χ0n) is 18.5. The Morgan fingerprint density at radius 1 is 1.00 bits per heavy atom. The molecule has 0 saturated carbocycles. The first-order chi connectivity index (χ1) is 13.4. The van der Waals surface area contributed by atoms with E-state index < -0.39 is 0 Å². The van der Waals surface area contributed by atoms with Gasteiger partial charge in [0.1, 0.15) is 0 Å². The molecular weight excluding hydrogens is 503 g/mol. The first kappa shape index (κ1) is 29.2. The molecule has 3 aromatic carbocycles. The molecule has 0 aromatic heterocycles. The van der Waals surface area contributed by atoms with Crippen molar-refractivity contribution in [1.82, 2.24) is 0 Å². The van der Waals surface area contributed by atoms with Gasteiger partial charge in [-0.1, -0.05) is 85.8 Å². The van der Waals surface area contributed by atoms with Crippen molar-refractivity contribution in [2.24, 2.45) is 5.92 Å². The maximum atomic E-state index is 6.27. The molecule has 0 aliphatic heterocycles. The Balaban J connectivity index is 0.000000558. The fraction of sp³-hybridized carbons (Fsp3) is 0.192.